The second-order valence-corrected chi connectivity index (χ2v) is 6.90. The van der Waals surface area contributed by atoms with Gasteiger partial charge in [-0.05, 0) is 49.4 Å². The molecule has 1 aromatic heterocycles. The first-order valence-corrected chi connectivity index (χ1v) is 8.92. The predicted octanol–water partition coefficient (Wildman–Crippen LogP) is 3.36. The SMILES string of the molecule is Cc1ccc(/C=C2\SC(=O)N(CCNC(=O)c3ccc(C)o3)C2=O)cc1. The topological polar surface area (TPSA) is 79.6 Å². The van der Waals surface area contributed by atoms with Crippen molar-refractivity contribution in [3.8, 4) is 0 Å². The minimum Gasteiger partial charge on any atom is -0.456 e. The van der Waals surface area contributed by atoms with E-state index in [1.165, 1.54) is 0 Å². The highest BCUT2D eigenvalue weighted by Gasteiger charge is 2.34. The lowest BCUT2D eigenvalue weighted by Gasteiger charge is -2.12. The van der Waals surface area contributed by atoms with Gasteiger partial charge in [-0.3, -0.25) is 19.3 Å². The Balaban J connectivity index is 1.58. The van der Waals surface area contributed by atoms with Crippen LogP contribution in [0.5, 0.6) is 0 Å². The second-order valence-electron chi connectivity index (χ2n) is 5.91. The zero-order chi connectivity index (χ0) is 18.7. The smallest absolute Gasteiger partial charge is 0.293 e. The highest BCUT2D eigenvalue weighted by atomic mass is 32.2. The van der Waals surface area contributed by atoms with E-state index in [0.717, 1.165) is 27.8 Å². The zero-order valence-corrected chi connectivity index (χ0v) is 15.3. The van der Waals surface area contributed by atoms with Crippen molar-refractivity contribution in [2.24, 2.45) is 0 Å². The Morgan fingerprint density at radius 2 is 1.88 bits per heavy atom. The molecule has 1 fully saturated rings. The number of aryl methyl sites for hydroxylation is 2. The predicted molar refractivity (Wildman–Crippen MR) is 99.6 cm³/mol. The third-order valence-corrected chi connectivity index (χ3v) is 4.74. The fourth-order valence-corrected chi connectivity index (χ4v) is 3.30. The minimum absolute atomic E-state index is 0.112. The van der Waals surface area contributed by atoms with E-state index in [2.05, 4.69) is 5.32 Å². The molecule has 0 spiro atoms. The summed E-state index contributed by atoms with van der Waals surface area (Å²) in [6, 6.07) is 11.0. The van der Waals surface area contributed by atoms with Crippen molar-refractivity contribution in [3.05, 3.63) is 64.0 Å². The standard InChI is InChI=1S/C19H18N2O4S/c1-12-3-6-14(7-4-12)11-16-18(23)21(19(24)26-16)10-9-20-17(22)15-8-5-13(2)25-15/h3-8,11H,9-10H2,1-2H3,(H,20,22)/b16-11-. The van der Waals surface area contributed by atoms with E-state index in [-0.39, 0.29) is 35.9 Å². The van der Waals surface area contributed by atoms with Gasteiger partial charge in [0.25, 0.3) is 17.1 Å². The number of hydrogen-bond acceptors (Lipinski definition) is 5. The van der Waals surface area contributed by atoms with E-state index in [9.17, 15) is 14.4 Å². The molecule has 26 heavy (non-hydrogen) atoms. The number of carbonyl (C=O) groups is 3. The Hall–Kier alpha value is -2.80. The molecule has 0 unspecified atom stereocenters. The fourth-order valence-electron chi connectivity index (χ4n) is 2.43. The first-order valence-electron chi connectivity index (χ1n) is 8.11. The second kappa shape index (κ2) is 7.61. The van der Waals surface area contributed by atoms with Gasteiger partial charge in [-0.2, -0.15) is 0 Å². The van der Waals surface area contributed by atoms with Gasteiger partial charge in [-0.25, -0.2) is 0 Å². The number of thioether (sulfide) groups is 1. The van der Waals surface area contributed by atoms with Gasteiger partial charge >= 0.3 is 0 Å². The Morgan fingerprint density at radius 3 is 2.54 bits per heavy atom. The Morgan fingerprint density at radius 1 is 1.15 bits per heavy atom. The van der Waals surface area contributed by atoms with Gasteiger partial charge in [0, 0.05) is 13.1 Å². The summed E-state index contributed by atoms with van der Waals surface area (Å²) in [5, 5.41) is 2.31. The van der Waals surface area contributed by atoms with Crippen molar-refractivity contribution in [1.29, 1.82) is 0 Å². The summed E-state index contributed by atoms with van der Waals surface area (Å²) in [6.07, 6.45) is 1.70. The molecule has 0 radical (unpaired) electrons. The maximum atomic E-state index is 12.4. The molecular weight excluding hydrogens is 352 g/mol. The summed E-state index contributed by atoms with van der Waals surface area (Å²) in [6.45, 7) is 4.00. The van der Waals surface area contributed by atoms with Crippen LogP contribution in [0.25, 0.3) is 6.08 Å². The normalized spacial score (nSPS) is 15.8. The third kappa shape index (κ3) is 4.05. The summed E-state index contributed by atoms with van der Waals surface area (Å²) >= 11 is 0.907. The largest absolute Gasteiger partial charge is 0.456 e. The van der Waals surface area contributed by atoms with Crippen LogP contribution in [-0.4, -0.2) is 35.0 Å². The van der Waals surface area contributed by atoms with E-state index in [1.54, 1.807) is 25.1 Å². The van der Waals surface area contributed by atoms with Crippen molar-refractivity contribution in [2.75, 3.05) is 13.1 Å². The van der Waals surface area contributed by atoms with Crippen LogP contribution in [0, 0.1) is 13.8 Å². The van der Waals surface area contributed by atoms with Crippen molar-refractivity contribution < 1.29 is 18.8 Å². The van der Waals surface area contributed by atoms with Crippen molar-refractivity contribution in [1.82, 2.24) is 10.2 Å². The summed E-state index contributed by atoms with van der Waals surface area (Å²) in [5.74, 6) is 0.127. The molecular formula is C19H18N2O4S. The van der Waals surface area contributed by atoms with Crippen molar-refractivity contribution >= 4 is 34.9 Å². The van der Waals surface area contributed by atoms with Gasteiger partial charge in [0.1, 0.15) is 5.76 Å². The quantitative estimate of drug-likeness (QED) is 0.817. The molecule has 134 valence electrons. The Labute approximate surface area is 155 Å². The average molecular weight is 370 g/mol. The Kier molecular flexibility index (Phi) is 5.27. The molecule has 0 aliphatic carbocycles. The van der Waals surface area contributed by atoms with Crippen LogP contribution in [0.4, 0.5) is 4.79 Å². The van der Waals surface area contributed by atoms with E-state index in [4.69, 9.17) is 4.42 Å². The molecule has 1 N–H and O–H groups in total. The van der Waals surface area contributed by atoms with Gasteiger partial charge in [0.2, 0.25) is 0 Å². The number of nitrogens with one attached hydrogen (secondary N) is 1. The number of imide groups is 1. The van der Waals surface area contributed by atoms with Gasteiger partial charge in [-0.1, -0.05) is 29.8 Å². The lowest BCUT2D eigenvalue weighted by molar-refractivity contribution is -0.122. The molecule has 1 saturated heterocycles. The molecule has 7 heteroatoms. The monoisotopic (exact) mass is 370 g/mol. The van der Waals surface area contributed by atoms with Crippen LogP contribution in [0.2, 0.25) is 0 Å². The van der Waals surface area contributed by atoms with Gasteiger partial charge < -0.3 is 9.73 Å². The number of hydrogen-bond donors (Lipinski definition) is 1. The van der Waals surface area contributed by atoms with Crippen LogP contribution < -0.4 is 5.32 Å². The van der Waals surface area contributed by atoms with E-state index >= 15 is 0 Å². The molecule has 1 aromatic carbocycles. The summed E-state index contributed by atoms with van der Waals surface area (Å²) < 4.78 is 5.23. The fraction of sp³-hybridized carbons (Fsp3) is 0.211. The molecule has 0 bridgehead atoms. The summed E-state index contributed by atoms with van der Waals surface area (Å²) in [4.78, 5) is 37.9. The first kappa shape index (κ1) is 18.0. The summed E-state index contributed by atoms with van der Waals surface area (Å²) in [7, 11) is 0. The maximum Gasteiger partial charge on any atom is 0.293 e. The number of amides is 3. The maximum absolute atomic E-state index is 12.4. The molecule has 6 nitrogen and oxygen atoms in total. The number of benzene rings is 1. The molecule has 2 aromatic rings. The molecule has 0 saturated carbocycles. The molecule has 3 amide bonds. The van der Waals surface area contributed by atoms with E-state index in [1.807, 2.05) is 31.2 Å². The number of carbonyl (C=O) groups excluding carboxylic acids is 3. The van der Waals surface area contributed by atoms with Crippen LogP contribution in [0.3, 0.4) is 0 Å². The number of rotatable bonds is 5. The van der Waals surface area contributed by atoms with E-state index < -0.39 is 0 Å². The summed E-state index contributed by atoms with van der Waals surface area (Å²) in [5.41, 5.74) is 1.99. The molecule has 1 aliphatic rings. The van der Waals surface area contributed by atoms with Crippen LogP contribution in [0.1, 0.15) is 27.4 Å². The van der Waals surface area contributed by atoms with Crippen LogP contribution >= 0.6 is 11.8 Å². The van der Waals surface area contributed by atoms with Crippen LogP contribution in [-0.2, 0) is 4.79 Å². The van der Waals surface area contributed by atoms with Gasteiger partial charge in [-0.15, -0.1) is 0 Å². The number of nitrogens with zero attached hydrogens (tertiary/aromatic N) is 1. The van der Waals surface area contributed by atoms with Crippen molar-refractivity contribution in [3.63, 3.8) is 0 Å². The number of furan rings is 1. The molecule has 1 aliphatic heterocycles. The minimum atomic E-state index is -0.375. The third-order valence-electron chi connectivity index (χ3n) is 3.83. The first-order chi connectivity index (χ1) is 12.4. The molecule has 0 atom stereocenters. The lowest BCUT2D eigenvalue weighted by Crippen LogP contribution is -2.37. The highest BCUT2D eigenvalue weighted by Crippen LogP contribution is 2.31. The Bertz CT molecular complexity index is 883. The molecule has 3 rings (SSSR count). The van der Waals surface area contributed by atoms with Gasteiger partial charge in [0.15, 0.2) is 5.76 Å². The average Bonchev–Trinajstić information content (AvgIpc) is 3.15. The lowest BCUT2D eigenvalue weighted by atomic mass is 10.1. The van der Waals surface area contributed by atoms with Crippen molar-refractivity contribution in [2.45, 2.75) is 13.8 Å². The highest BCUT2D eigenvalue weighted by molar-refractivity contribution is 8.18. The molecule has 2 heterocycles. The zero-order valence-electron chi connectivity index (χ0n) is 14.4. The van der Waals surface area contributed by atoms with Crippen LogP contribution in [0.15, 0.2) is 45.7 Å². The van der Waals surface area contributed by atoms with E-state index in [0.29, 0.717) is 10.7 Å². The van der Waals surface area contributed by atoms with Gasteiger partial charge in [0.05, 0.1) is 4.91 Å².